The predicted molar refractivity (Wildman–Crippen MR) is 83.8 cm³/mol. The zero-order valence-electron chi connectivity index (χ0n) is 11.7. The highest BCUT2D eigenvalue weighted by Crippen LogP contribution is 2.24. The van der Waals surface area contributed by atoms with Crippen LogP contribution in [0.1, 0.15) is 17.3 Å². The highest BCUT2D eigenvalue weighted by molar-refractivity contribution is 6.14. The van der Waals surface area contributed by atoms with E-state index in [4.69, 9.17) is 0 Å². The van der Waals surface area contributed by atoms with Crippen molar-refractivity contribution in [2.45, 2.75) is 6.92 Å². The van der Waals surface area contributed by atoms with Gasteiger partial charge in [0, 0.05) is 35.4 Å². The van der Waals surface area contributed by atoms with E-state index in [1.807, 2.05) is 37.3 Å². The minimum absolute atomic E-state index is 0.0828. The second-order valence-electron chi connectivity index (χ2n) is 4.82. The van der Waals surface area contributed by atoms with E-state index in [0.717, 1.165) is 10.9 Å². The Balaban J connectivity index is 2.03. The number of carbonyl (C=O) groups is 1. The number of hydrogen-bond donors (Lipinski definition) is 2. The van der Waals surface area contributed by atoms with Crippen LogP contribution >= 0.6 is 0 Å². The number of phenolic OH excluding ortho intramolecular Hbond substituents is 1. The van der Waals surface area contributed by atoms with Gasteiger partial charge in [0.2, 0.25) is 0 Å². The number of phenols is 1. The number of nitrogens with one attached hydrogen (secondary N) is 1. The van der Waals surface area contributed by atoms with E-state index in [1.165, 1.54) is 0 Å². The summed E-state index contributed by atoms with van der Waals surface area (Å²) in [5, 5.41) is 10.5. The van der Waals surface area contributed by atoms with Gasteiger partial charge in [0.1, 0.15) is 5.75 Å². The molecular formula is C17H16N2O2. The molecule has 0 spiro atoms. The van der Waals surface area contributed by atoms with E-state index in [1.54, 1.807) is 29.3 Å². The Morgan fingerprint density at radius 2 is 2.00 bits per heavy atom. The van der Waals surface area contributed by atoms with Crippen LogP contribution in [0.5, 0.6) is 5.75 Å². The fraction of sp³-hybridized carbons (Fsp3) is 0.118. The SMILES string of the molecule is CCN(C(=O)c1c[nH]c2ccccc12)c1cccc(O)c1. The third kappa shape index (κ3) is 2.36. The van der Waals surface area contributed by atoms with Gasteiger partial charge in [-0.1, -0.05) is 24.3 Å². The van der Waals surface area contributed by atoms with Crippen molar-refractivity contribution in [2.75, 3.05) is 11.4 Å². The lowest BCUT2D eigenvalue weighted by Gasteiger charge is -2.21. The minimum atomic E-state index is -0.0828. The normalized spacial score (nSPS) is 10.7. The summed E-state index contributed by atoms with van der Waals surface area (Å²) in [7, 11) is 0. The number of benzene rings is 2. The lowest BCUT2D eigenvalue weighted by Crippen LogP contribution is -2.30. The zero-order valence-corrected chi connectivity index (χ0v) is 11.7. The Kier molecular flexibility index (Phi) is 3.36. The summed E-state index contributed by atoms with van der Waals surface area (Å²) >= 11 is 0. The predicted octanol–water partition coefficient (Wildman–Crippen LogP) is 3.54. The summed E-state index contributed by atoms with van der Waals surface area (Å²) < 4.78 is 0. The maximum Gasteiger partial charge on any atom is 0.260 e. The average Bonchev–Trinajstić information content (AvgIpc) is 2.92. The molecule has 0 saturated heterocycles. The van der Waals surface area contributed by atoms with E-state index in [0.29, 0.717) is 17.8 Å². The number of hydrogen-bond acceptors (Lipinski definition) is 2. The molecule has 21 heavy (non-hydrogen) atoms. The summed E-state index contributed by atoms with van der Waals surface area (Å²) in [4.78, 5) is 17.5. The van der Waals surface area contributed by atoms with Crippen molar-refractivity contribution in [3.05, 3.63) is 60.3 Å². The second kappa shape index (κ2) is 5.32. The van der Waals surface area contributed by atoms with Crippen molar-refractivity contribution in [2.24, 2.45) is 0 Å². The molecule has 3 aromatic rings. The zero-order chi connectivity index (χ0) is 14.8. The molecule has 1 heterocycles. The monoisotopic (exact) mass is 280 g/mol. The third-order valence-corrected chi connectivity index (χ3v) is 3.52. The van der Waals surface area contributed by atoms with Crippen molar-refractivity contribution in [1.29, 1.82) is 0 Å². The maximum absolute atomic E-state index is 12.8. The average molecular weight is 280 g/mol. The number of para-hydroxylation sites is 1. The Labute approximate surface area is 122 Å². The van der Waals surface area contributed by atoms with Crippen LogP contribution in [0.25, 0.3) is 10.9 Å². The van der Waals surface area contributed by atoms with Crippen LogP contribution in [-0.2, 0) is 0 Å². The van der Waals surface area contributed by atoms with Gasteiger partial charge in [0.05, 0.1) is 5.56 Å². The Morgan fingerprint density at radius 3 is 2.76 bits per heavy atom. The molecule has 0 radical (unpaired) electrons. The first-order valence-corrected chi connectivity index (χ1v) is 6.87. The fourth-order valence-electron chi connectivity index (χ4n) is 2.50. The van der Waals surface area contributed by atoms with Gasteiger partial charge in [0.25, 0.3) is 5.91 Å². The number of aromatic nitrogens is 1. The van der Waals surface area contributed by atoms with Gasteiger partial charge in [0.15, 0.2) is 0 Å². The number of carbonyl (C=O) groups excluding carboxylic acids is 1. The quantitative estimate of drug-likeness (QED) is 0.771. The van der Waals surface area contributed by atoms with Crippen molar-refractivity contribution in [1.82, 2.24) is 4.98 Å². The second-order valence-corrected chi connectivity index (χ2v) is 4.82. The summed E-state index contributed by atoms with van der Waals surface area (Å²) in [6.07, 6.45) is 1.73. The molecule has 0 saturated carbocycles. The molecule has 0 fully saturated rings. The van der Waals surface area contributed by atoms with Crippen molar-refractivity contribution in [3.63, 3.8) is 0 Å². The molecule has 1 aromatic heterocycles. The molecular weight excluding hydrogens is 264 g/mol. The van der Waals surface area contributed by atoms with E-state index < -0.39 is 0 Å². The highest BCUT2D eigenvalue weighted by atomic mass is 16.3. The van der Waals surface area contributed by atoms with Crippen molar-refractivity contribution in [3.8, 4) is 5.75 Å². The Hall–Kier alpha value is -2.75. The number of rotatable bonds is 3. The third-order valence-electron chi connectivity index (χ3n) is 3.52. The molecule has 0 bridgehead atoms. The van der Waals surface area contributed by atoms with Crippen LogP contribution in [0.3, 0.4) is 0 Å². The standard InChI is InChI=1S/C17H16N2O2/c1-2-19(12-6-5-7-13(20)10-12)17(21)15-11-18-16-9-4-3-8-14(15)16/h3-11,18,20H,2H2,1H3. The molecule has 2 N–H and O–H groups in total. The molecule has 0 aliphatic carbocycles. The molecule has 0 unspecified atom stereocenters. The van der Waals surface area contributed by atoms with Gasteiger partial charge >= 0.3 is 0 Å². The van der Waals surface area contributed by atoms with E-state index in [-0.39, 0.29) is 11.7 Å². The fourth-order valence-corrected chi connectivity index (χ4v) is 2.50. The molecule has 0 aliphatic heterocycles. The number of H-pyrrole nitrogens is 1. The first kappa shape index (κ1) is 13.2. The molecule has 0 atom stereocenters. The van der Waals surface area contributed by atoms with Gasteiger partial charge in [-0.05, 0) is 25.1 Å². The molecule has 3 rings (SSSR count). The van der Waals surface area contributed by atoms with Crippen LogP contribution < -0.4 is 4.90 Å². The van der Waals surface area contributed by atoms with Gasteiger partial charge in [-0.15, -0.1) is 0 Å². The van der Waals surface area contributed by atoms with Crippen molar-refractivity contribution >= 4 is 22.5 Å². The lowest BCUT2D eigenvalue weighted by molar-refractivity contribution is 0.0990. The van der Waals surface area contributed by atoms with E-state index in [9.17, 15) is 9.90 Å². The van der Waals surface area contributed by atoms with E-state index in [2.05, 4.69) is 4.98 Å². The van der Waals surface area contributed by atoms with Crippen LogP contribution in [0.2, 0.25) is 0 Å². The van der Waals surface area contributed by atoms with Gasteiger partial charge in [-0.2, -0.15) is 0 Å². The number of anilines is 1. The highest BCUT2D eigenvalue weighted by Gasteiger charge is 2.19. The Bertz CT molecular complexity index is 792. The number of fused-ring (bicyclic) bond motifs is 1. The topological polar surface area (TPSA) is 56.3 Å². The summed E-state index contributed by atoms with van der Waals surface area (Å²) in [5.74, 6) is 0.0678. The largest absolute Gasteiger partial charge is 0.508 e. The molecule has 4 nitrogen and oxygen atoms in total. The smallest absolute Gasteiger partial charge is 0.260 e. The summed E-state index contributed by atoms with van der Waals surface area (Å²) in [6.45, 7) is 2.44. The van der Waals surface area contributed by atoms with Gasteiger partial charge < -0.3 is 15.0 Å². The molecule has 4 heteroatoms. The summed E-state index contributed by atoms with van der Waals surface area (Å²) in [6, 6.07) is 14.4. The van der Waals surface area contributed by atoms with Crippen molar-refractivity contribution < 1.29 is 9.90 Å². The van der Waals surface area contributed by atoms with Crippen LogP contribution in [-0.4, -0.2) is 22.5 Å². The summed E-state index contributed by atoms with van der Waals surface area (Å²) in [5.41, 5.74) is 2.26. The molecule has 0 aliphatic rings. The van der Waals surface area contributed by atoms with Crippen LogP contribution in [0.4, 0.5) is 5.69 Å². The Morgan fingerprint density at radius 1 is 1.19 bits per heavy atom. The number of amides is 1. The molecule has 106 valence electrons. The number of aromatic hydroxyl groups is 1. The van der Waals surface area contributed by atoms with Crippen LogP contribution in [0, 0.1) is 0 Å². The first-order chi connectivity index (χ1) is 10.2. The minimum Gasteiger partial charge on any atom is -0.508 e. The van der Waals surface area contributed by atoms with Crippen LogP contribution in [0.15, 0.2) is 54.7 Å². The van der Waals surface area contributed by atoms with E-state index >= 15 is 0 Å². The first-order valence-electron chi connectivity index (χ1n) is 6.87. The molecule has 2 aromatic carbocycles. The molecule has 1 amide bonds. The number of aromatic amines is 1. The lowest BCUT2D eigenvalue weighted by atomic mass is 10.1. The number of nitrogens with zero attached hydrogens (tertiary/aromatic N) is 1. The maximum atomic E-state index is 12.8. The van der Waals surface area contributed by atoms with Gasteiger partial charge in [-0.3, -0.25) is 4.79 Å². The van der Waals surface area contributed by atoms with Gasteiger partial charge in [-0.25, -0.2) is 0 Å².